The number of benzene rings is 2. The van der Waals surface area contributed by atoms with E-state index in [9.17, 15) is 9.90 Å². The summed E-state index contributed by atoms with van der Waals surface area (Å²) in [5.74, 6) is 0.808. The van der Waals surface area contributed by atoms with Crippen molar-refractivity contribution in [1.29, 1.82) is 0 Å². The fourth-order valence-electron chi connectivity index (χ4n) is 3.14. The Labute approximate surface area is 153 Å². The molecule has 3 rings (SSSR count). The van der Waals surface area contributed by atoms with Gasteiger partial charge in [0, 0.05) is 24.6 Å². The highest BCUT2D eigenvalue weighted by Crippen LogP contribution is 2.29. The van der Waals surface area contributed by atoms with Gasteiger partial charge >= 0.3 is 0 Å². The van der Waals surface area contributed by atoms with E-state index >= 15 is 0 Å². The summed E-state index contributed by atoms with van der Waals surface area (Å²) >= 11 is 0. The van der Waals surface area contributed by atoms with Crippen LogP contribution in [0.15, 0.2) is 48.5 Å². The third kappa shape index (κ3) is 4.22. The van der Waals surface area contributed by atoms with E-state index in [1.807, 2.05) is 49.4 Å². The number of carbonyl (C=O) groups is 1. The van der Waals surface area contributed by atoms with Crippen LogP contribution in [-0.2, 0) is 0 Å². The normalized spacial score (nSPS) is 15.6. The fourth-order valence-corrected chi connectivity index (χ4v) is 3.14. The van der Waals surface area contributed by atoms with Crippen molar-refractivity contribution < 1.29 is 14.6 Å². The van der Waals surface area contributed by atoms with Crippen molar-refractivity contribution >= 4 is 5.91 Å². The maximum absolute atomic E-state index is 12.7. The molecule has 1 aliphatic heterocycles. The molecule has 138 valence electrons. The molecule has 6 nitrogen and oxygen atoms in total. The summed E-state index contributed by atoms with van der Waals surface area (Å²) in [5.41, 5.74) is 8.71. The van der Waals surface area contributed by atoms with Gasteiger partial charge in [0.05, 0.1) is 19.3 Å². The molecule has 1 saturated heterocycles. The second-order valence-corrected chi connectivity index (χ2v) is 6.26. The van der Waals surface area contributed by atoms with Crippen LogP contribution >= 0.6 is 0 Å². The number of amides is 1. The molecule has 0 aromatic heterocycles. The van der Waals surface area contributed by atoms with Gasteiger partial charge in [-0.05, 0) is 30.2 Å². The zero-order valence-electron chi connectivity index (χ0n) is 14.9. The number of aliphatic hydroxyl groups excluding tert-OH is 1. The number of hydrogen-bond acceptors (Lipinski definition) is 5. The maximum Gasteiger partial charge on any atom is 0.251 e. The Morgan fingerprint density at radius 2 is 1.96 bits per heavy atom. The Balaban J connectivity index is 1.79. The quantitative estimate of drug-likeness (QED) is 0.608. The van der Waals surface area contributed by atoms with Gasteiger partial charge in [-0.1, -0.05) is 36.4 Å². The van der Waals surface area contributed by atoms with E-state index in [2.05, 4.69) is 16.2 Å². The van der Waals surface area contributed by atoms with Gasteiger partial charge in [-0.2, -0.15) is 0 Å². The molecule has 1 heterocycles. The fraction of sp³-hybridized carbons (Fsp3) is 0.350. The van der Waals surface area contributed by atoms with E-state index in [1.54, 1.807) is 6.07 Å². The molecule has 1 fully saturated rings. The Hall–Kier alpha value is -2.41. The zero-order valence-corrected chi connectivity index (χ0v) is 14.9. The molecule has 4 N–H and O–H groups in total. The molecule has 0 bridgehead atoms. The van der Waals surface area contributed by atoms with E-state index in [0.717, 1.165) is 30.0 Å². The molecule has 0 radical (unpaired) electrons. The predicted molar refractivity (Wildman–Crippen MR) is 100 cm³/mol. The first-order valence-electron chi connectivity index (χ1n) is 8.92. The average Bonchev–Trinajstić information content (AvgIpc) is 3.21. The van der Waals surface area contributed by atoms with Crippen molar-refractivity contribution in [3.8, 4) is 5.75 Å². The number of hydrazine groups is 1. The molecule has 26 heavy (non-hydrogen) atoms. The minimum absolute atomic E-state index is 0.161. The first-order chi connectivity index (χ1) is 12.7. The average molecular weight is 355 g/mol. The van der Waals surface area contributed by atoms with Gasteiger partial charge in [-0.15, -0.1) is 0 Å². The zero-order chi connectivity index (χ0) is 18.4. The third-order valence-electron chi connectivity index (χ3n) is 4.53. The highest BCUT2D eigenvalue weighted by atomic mass is 16.5. The Morgan fingerprint density at radius 1 is 1.23 bits per heavy atom. The maximum atomic E-state index is 12.7. The molecule has 0 saturated carbocycles. The van der Waals surface area contributed by atoms with Crippen molar-refractivity contribution in [3.05, 3.63) is 65.2 Å². The summed E-state index contributed by atoms with van der Waals surface area (Å²) in [5, 5.41) is 12.5. The minimum Gasteiger partial charge on any atom is -0.494 e. The van der Waals surface area contributed by atoms with E-state index < -0.39 is 6.04 Å². The summed E-state index contributed by atoms with van der Waals surface area (Å²) in [4.78, 5) is 12.7. The monoisotopic (exact) mass is 355 g/mol. The molecule has 1 amide bonds. The van der Waals surface area contributed by atoms with Crippen LogP contribution in [0, 0.1) is 0 Å². The Bertz CT molecular complexity index is 730. The molecule has 1 atom stereocenters. The first-order valence-corrected chi connectivity index (χ1v) is 8.92. The van der Waals surface area contributed by atoms with Crippen molar-refractivity contribution in [2.24, 2.45) is 0 Å². The summed E-state index contributed by atoms with van der Waals surface area (Å²) in [7, 11) is 0. The highest BCUT2D eigenvalue weighted by Gasteiger charge is 2.22. The lowest BCUT2D eigenvalue weighted by molar-refractivity contribution is 0.0915. The smallest absolute Gasteiger partial charge is 0.251 e. The van der Waals surface area contributed by atoms with Crippen molar-refractivity contribution in [2.75, 3.05) is 26.3 Å². The van der Waals surface area contributed by atoms with E-state index in [-0.39, 0.29) is 12.5 Å². The lowest BCUT2D eigenvalue weighted by Gasteiger charge is -2.19. The molecule has 6 heteroatoms. The largest absolute Gasteiger partial charge is 0.494 e. The van der Waals surface area contributed by atoms with Crippen molar-refractivity contribution in [1.82, 2.24) is 16.2 Å². The topological polar surface area (TPSA) is 82.6 Å². The van der Waals surface area contributed by atoms with Gasteiger partial charge in [-0.25, -0.2) is 0 Å². The highest BCUT2D eigenvalue weighted by molar-refractivity contribution is 5.95. The van der Waals surface area contributed by atoms with Crippen LogP contribution in [0.1, 0.15) is 40.4 Å². The number of carbonyl (C=O) groups excluding carboxylic acids is 1. The lowest BCUT2D eigenvalue weighted by Crippen LogP contribution is -2.30. The van der Waals surface area contributed by atoms with Crippen LogP contribution in [0.25, 0.3) is 0 Å². The van der Waals surface area contributed by atoms with Crippen LogP contribution in [0.3, 0.4) is 0 Å². The second-order valence-electron chi connectivity index (χ2n) is 6.26. The van der Waals surface area contributed by atoms with Gasteiger partial charge < -0.3 is 15.2 Å². The predicted octanol–water partition coefficient (Wildman–Crippen LogP) is 1.74. The summed E-state index contributed by atoms with van der Waals surface area (Å²) < 4.78 is 5.77. The van der Waals surface area contributed by atoms with Crippen molar-refractivity contribution in [3.63, 3.8) is 0 Å². The summed E-state index contributed by atoms with van der Waals surface area (Å²) in [6.45, 7) is 3.96. The molecule has 1 aliphatic rings. The Morgan fingerprint density at radius 3 is 2.62 bits per heavy atom. The number of rotatable bonds is 7. The lowest BCUT2D eigenvalue weighted by atomic mass is 9.97. The number of aliphatic hydroxyl groups is 1. The number of nitrogens with one attached hydrogen (secondary N) is 3. The number of ether oxygens (including phenoxy) is 1. The number of hydrogen-bond donors (Lipinski definition) is 4. The van der Waals surface area contributed by atoms with Crippen LogP contribution in [-0.4, -0.2) is 37.3 Å². The minimum atomic E-state index is -0.442. The van der Waals surface area contributed by atoms with E-state index in [0.29, 0.717) is 18.1 Å². The van der Waals surface area contributed by atoms with E-state index in [4.69, 9.17) is 4.74 Å². The van der Waals surface area contributed by atoms with E-state index in [1.165, 1.54) is 0 Å². The SMILES string of the molecule is CCOc1cc(C(=O)N[C@H](CO)c2ccccc2)ccc1C1CNNC1. The molecular formula is C20H25N3O3. The van der Waals surface area contributed by atoms with Gasteiger partial charge in [0.25, 0.3) is 5.91 Å². The van der Waals surface area contributed by atoms with Crippen molar-refractivity contribution in [2.45, 2.75) is 18.9 Å². The molecule has 0 spiro atoms. The van der Waals surface area contributed by atoms with Gasteiger partial charge in [0.15, 0.2) is 0 Å². The van der Waals surface area contributed by atoms with Crippen LogP contribution in [0.4, 0.5) is 0 Å². The van der Waals surface area contributed by atoms with Crippen LogP contribution in [0.2, 0.25) is 0 Å². The van der Waals surface area contributed by atoms with Gasteiger partial charge in [0.2, 0.25) is 0 Å². The first kappa shape index (κ1) is 18.4. The van der Waals surface area contributed by atoms with Crippen LogP contribution < -0.4 is 20.9 Å². The third-order valence-corrected chi connectivity index (χ3v) is 4.53. The Kier molecular flexibility index (Phi) is 6.22. The summed E-state index contributed by atoms with van der Waals surface area (Å²) in [6.07, 6.45) is 0. The molecule has 2 aromatic carbocycles. The summed E-state index contributed by atoms with van der Waals surface area (Å²) in [6, 6.07) is 14.5. The second kappa shape index (κ2) is 8.80. The molecule has 2 aromatic rings. The van der Waals surface area contributed by atoms with Gasteiger partial charge in [0.1, 0.15) is 5.75 Å². The molecule has 0 unspecified atom stereocenters. The van der Waals surface area contributed by atoms with Crippen LogP contribution in [0.5, 0.6) is 5.75 Å². The standard InChI is InChI=1S/C20H25N3O3/c1-2-26-19-10-15(8-9-17(19)16-11-21-22-12-16)20(25)23-18(13-24)14-6-4-3-5-7-14/h3-10,16,18,21-22,24H,2,11-13H2,1H3,(H,23,25)/t18-/m1/s1. The molecule has 0 aliphatic carbocycles. The molecular weight excluding hydrogens is 330 g/mol. The van der Waals surface area contributed by atoms with Gasteiger partial charge in [-0.3, -0.25) is 15.6 Å².